The molecule has 0 bridgehead atoms. The highest BCUT2D eigenvalue weighted by atomic mass is 16.5. The molecule has 1 aromatic rings. The summed E-state index contributed by atoms with van der Waals surface area (Å²) < 4.78 is 5.32. The zero-order valence-electron chi connectivity index (χ0n) is 11.5. The zero-order chi connectivity index (χ0) is 13.2. The topological polar surface area (TPSA) is 26.3 Å². The van der Waals surface area contributed by atoms with E-state index in [0.29, 0.717) is 12.3 Å². The molecule has 1 aromatic carbocycles. The fourth-order valence-corrected chi connectivity index (χ4v) is 2.27. The molecule has 0 amide bonds. The maximum atomic E-state index is 12.2. The summed E-state index contributed by atoms with van der Waals surface area (Å²) in [6, 6.07) is 8.12. The van der Waals surface area contributed by atoms with E-state index in [4.69, 9.17) is 4.74 Å². The van der Waals surface area contributed by atoms with Crippen molar-refractivity contribution in [1.29, 1.82) is 0 Å². The maximum absolute atomic E-state index is 12.2. The highest BCUT2D eigenvalue weighted by Gasteiger charge is 2.24. The molecule has 0 spiro atoms. The molecule has 0 aliphatic heterocycles. The molecule has 1 aliphatic rings. The average Bonchev–Trinajstić information content (AvgIpc) is 2.27. The summed E-state index contributed by atoms with van der Waals surface area (Å²) >= 11 is 0. The summed E-state index contributed by atoms with van der Waals surface area (Å²) in [6.45, 7) is 3.89. The number of carbonyl (C=O) groups is 1. The van der Waals surface area contributed by atoms with Crippen molar-refractivity contribution in [2.75, 3.05) is 7.11 Å². The van der Waals surface area contributed by atoms with Gasteiger partial charge in [-0.25, -0.2) is 0 Å². The van der Waals surface area contributed by atoms with Crippen LogP contribution in [0.3, 0.4) is 0 Å². The van der Waals surface area contributed by atoms with Crippen molar-refractivity contribution in [2.45, 2.75) is 51.0 Å². The van der Waals surface area contributed by atoms with Gasteiger partial charge in [0, 0.05) is 19.1 Å². The molecule has 0 heterocycles. The van der Waals surface area contributed by atoms with E-state index < -0.39 is 0 Å². The predicted molar refractivity (Wildman–Crippen MR) is 73.1 cm³/mol. The smallest absolute Gasteiger partial charge is 0.165 e. The molecule has 18 heavy (non-hydrogen) atoms. The fraction of sp³-hybridized carbons (Fsp3) is 0.562. The minimum atomic E-state index is -0.385. The molecule has 2 heteroatoms. The van der Waals surface area contributed by atoms with Crippen LogP contribution in [0.2, 0.25) is 0 Å². The van der Waals surface area contributed by atoms with E-state index in [1.54, 1.807) is 7.11 Å². The van der Waals surface area contributed by atoms with Crippen LogP contribution in [0.15, 0.2) is 24.3 Å². The number of hydrogen-bond acceptors (Lipinski definition) is 2. The third kappa shape index (κ3) is 2.99. The van der Waals surface area contributed by atoms with Crippen LogP contribution in [0.4, 0.5) is 0 Å². The Bertz CT molecular complexity index is 430. The number of carbonyl (C=O) groups excluding carboxylic acids is 1. The molecule has 0 aromatic heterocycles. The Kier molecular flexibility index (Phi) is 3.86. The van der Waals surface area contributed by atoms with E-state index in [1.807, 2.05) is 26.0 Å². The van der Waals surface area contributed by atoms with Crippen LogP contribution in [-0.2, 0) is 4.74 Å². The van der Waals surface area contributed by atoms with E-state index >= 15 is 0 Å². The van der Waals surface area contributed by atoms with Crippen LogP contribution in [0, 0.1) is 0 Å². The standard InChI is InChI=1S/C16H22O2/c1-16(2,18-3)11-15(17)14-9-5-8-13(10-14)12-6-4-7-12/h5,8-10,12H,4,6-7,11H2,1-3H3. The van der Waals surface area contributed by atoms with Crippen molar-refractivity contribution < 1.29 is 9.53 Å². The normalized spacial score (nSPS) is 16.4. The van der Waals surface area contributed by atoms with Gasteiger partial charge in [-0.1, -0.05) is 24.6 Å². The first-order chi connectivity index (χ1) is 8.52. The molecule has 0 radical (unpaired) electrons. The Morgan fingerprint density at radius 1 is 1.39 bits per heavy atom. The third-order valence-corrected chi connectivity index (χ3v) is 3.92. The van der Waals surface area contributed by atoms with Gasteiger partial charge in [-0.2, -0.15) is 0 Å². The first-order valence-electron chi connectivity index (χ1n) is 6.70. The lowest BCUT2D eigenvalue weighted by Crippen LogP contribution is -2.26. The Morgan fingerprint density at radius 2 is 2.11 bits per heavy atom. The molecular weight excluding hydrogens is 224 g/mol. The van der Waals surface area contributed by atoms with Gasteiger partial charge in [0.05, 0.1) is 5.60 Å². The van der Waals surface area contributed by atoms with Gasteiger partial charge in [0.15, 0.2) is 5.78 Å². The van der Waals surface area contributed by atoms with E-state index in [1.165, 1.54) is 24.8 Å². The van der Waals surface area contributed by atoms with Crippen LogP contribution >= 0.6 is 0 Å². The van der Waals surface area contributed by atoms with Crippen molar-refractivity contribution in [2.24, 2.45) is 0 Å². The van der Waals surface area contributed by atoms with E-state index in [2.05, 4.69) is 12.1 Å². The van der Waals surface area contributed by atoms with Gasteiger partial charge in [-0.15, -0.1) is 0 Å². The molecule has 1 fully saturated rings. The van der Waals surface area contributed by atoms with Crippen molar-refractivity contribution in [1.82, 2.24) is 0 Å². The van der Waals surface area contributed by atoms with Gasteiger partial charge in [0.1, 0.15) is 0 Å². The summed E-state index contributed by atoms with van der Waals surface area (Å²) in [5, 5.41) is 0. The number of hydrogen-bond donors (Lipinski definition) is 0. The van der Waals surface area contributed by atoms with Crippen LogP contribution in [0.25, 0.3) is 0 Å². The summed E-state index contributed by atoms with van der Waals surface area (Å²) in [7, 11) is 1.65. The number of Topliss-reactive ketones (excluding diaryl/α,β-unsaturated/α-hetero) is 1. The van der Waals surface area contributed by atoms with E-state index in [9.17, 15) is 4.79 Å². The number of rotatable bonds is 5. The molecule has 0 unspecified atom stereocenters. The molecule has 0 atom stereocenters. The predicted octanol–water partition coefficient (Wildman–Crippen LogP) is 3.95. The van der Waals surface area contributed by atoms with Crippen LogP contribution in [0.5, 0.6) is 0 Å². The summed E-state index contributed by atoms with van der Waals surface area (Å²) in [5.41, 5.74) is 1.76. The number of methoxy groups -OCH3 is 1. The maximum Gasteiger partial charge on any atom is 0.165 e. The van der Waals surface area contributed by atoms with Crippen LogP contribution in [-0.4, -0.2) is 18.5 Å². The SMILES string of the molecule is COC(C)(C)CC(=O)c1cccc(C2CCC2)c1. The van der Waals surface area contributed by atoms with E-state index in [-0.39, 0.29) is 11.4 Å². The Hall–Kier alpha value is -1.15. The highest BCUT2D eigenvalue weighted by molar-refractivity contribution is 5.96. The average molecular weight is 246 g/mol. The Morgan fingerprint density at radius 3 is 2.67 bits per heavy atom. The molecule has 98 valence electrons. The second-order valence-corrected chi connectivity index (χ2v) is 5.82. The first-order valence-corrected chi connectivity index (χ1v) is 6.70. The third-order valence-electron chi connectivity index (χ3n) is 3.92. The molecule has 1 aliphatic carbocycles. The highest BCUT2D eigenvalue weighted by Crippen LogP contribution is 2.36. The van der Waals surface area contributed by atoms with Crippen LogP contribution < -0.4 is 0 Å². The van der Waals surface area contributed by atoms with Gasteiger partial charge in [0.2, 0.25) is 0 Å². The zero-order valence-corrected chi connectivity index (χ0v) is 11.5. The fourth-order valence-electron chi connectivity index (χ4n) is 2.27. The Balaban J connectivity index is 2.10. The largest absolute Gasteiger partial charge is 0.378 e. The Labute approximate surface area is 109 Å². The molecule has 2 rings (SSSR count). The minimum Gasteiger partial charge on any atom is -0.378 e. The van der Waals surface area contributed by atoms with Crippen molar-refractivity contribution in [3.8, 4) is 0 Å². The van der Waals surface area contributed by atoms with Gasteiger partial charge < -0.3 is 4.74 Å². The summed E-state index contributed by atoms with van der Waals surface area (Å²) in [6.07, 6.45) is 4.28. The van der Waals surface area contributed by atoms with Crippen molar-refractivity contribution in [3.63, 3.8) is 0 Å². The van der Waals surface area contributed by atoms with Crippen molar-refractivity contribution >= 4 is 5.78 Å². The molecule has 1 saturated carbocycles. The molecule has 2 nitrogen and oxygen atoms in total. The monoisotopic (exact) mass is 246 g/mol. The quantitative estimate of drug-likeness (QED) is 0.735. The second-order valence-electron chi connectivity index (χ2n) is 5.82. The lowest BCUT2D eigenvalue weighted by Gasteiger charge is -2.26. The van der Waals surface area contributed by atoms with Gasteiger partial charge in [0.25, 0.3) is 0 Å². The lowest BCUT2D eigenvalue weighted by atomic mass is 9.79. The van der Waals surface area contributed by atoms with Crippen LogP contribution in [0.1, 0.15) is 61.4 Å². The van der Waals surface area contributed by atoms with Gasteiger partial charge in [-0.05, 0) is 44.2 Å². The second kappa shape index (κ2) is 5.23. The van der Waals surface area contributed by atoms with Gasteiger partial charge in [-0.3, -0.25) is 4.79 Å². The molecular formula is C16H22O2. The molecule has 0 saturated heterocycles. The summed E-state index contributed by atoms with van der Waals surface area (Å²) in [5.74, 6) is 0.844. The minimum absolute atomic E-state index is 0.169. The number of ketones is 1. The van der Waals surface area contributed by atoms with Gasteiger partial charge >= 0.3 is 0 Å². The first kappa shape index (κ1) is 13.3. The number of benzene rings is 1. The lowest BCUT2D eigenvalue weighted by molar-refractivity contribution is 0.0172. The molecule has 0 N–H and O–H groups in total. The number of ether oxygens (including phenoxy) is 1. The summed E-state index contributed by atoms with van der Waals surface area (Å²) in [4.78, 5) is 12.2. The van der Waals surface area contributed by atoms with E-state index in [0.717, 1.165) is 5.56 Å². The van der Waals surface area contributed by atoms with Crippen molar-refractivity contribution in [3.05, 3.63) is 35.4 Å².